The molecule has 1 aliphatic rings. The number of rotatable bonds is 4. The van der Waals surface area contributed by atoms with Crippen molar-refractivity contribution in [2.75, 3.05) is 39.0 Å². The van der Waals surface area contributed by atoms with E-state index in [0.29, 0.717) is 23.3 Å². The second-order valence-corrected chi connectivity index (χ2v) is 7.00. The summed E-state index contributed by atoms with van der Waals surface area (Å²) in [7, 11) is 4.16. The van der Waals surface area contributed by atoms with Crippen molar-refractivity contribution < 1.29 is 24.6 Å². The number of carboxylic acids is 2. The lowest BCUT2D eigenvalue weighted by molar-refractivity contribution is -0.159. The van der Waals surface area contributed by atoms with Crippen molar-refractivity contribution in [3.8, 4) is 0 Å². The first kappa shape index (κ1) is 22.9. The number of carboxylic acid groups (broad SMARTS) is 2. The standard InChI is InChI=1S/C16H24ClN3O.C2H2O4/c1-12-4-5-15(14(17)10-12)18-16(21)11-20(3)13-6-8-19(2)9-7-13;3-1(4)2(5)6/h4-5,10,13H,6-9,11H2,1-3H3,(H,18,21);(H,3,4)(H,5,6). The fourth-order valence-electron chi connectivity index (χ4n) is 2.70. The van der Waals surface area contributed by atoms with Crippen molar-refractivity contribution in [2.24, 2.45) is 0 Å². The van der Waals surface area contributed by atoms with Gasteiger partial charge in [-0.25, -0.2) is 9.59 Å². The van der Waals surface area contributed by atoms with Crippen molar-refractivity contribution in [3.63, 3.8) is 0 Å². The van der Waals surface area contributed by atoms with Gasteiger partial charge in [-0.1, -0.05) is 17.7 Å². The number of aliphatic carboxylic acids is 2. The van der Waals surface area contributed by atoms with E-state index in [9.17, 15) is 4.79 Å². The number of likely N-dealkylation sites (tertiary alicyclic amines) is 1. The Bertz CT molecular complexity index is 663. The number of hydrogen-bond donors (Lipinski definition) is 3. The highest BCUT2D eigenvalue weighted by Crippen LogP contribution is 2.22. The van der Waals surface area contributed by atoms with Crippen LogP contribution in [0.1, 0.15) is 18.4 Å². The van der Waals surface area contributed by atoms with Gasteiger partial charge >= 0.3 is 11.9 Å². The Labute approximate surface area is 163 Å². The van der Waals surface area contributed by atoms with Crippen LogP contribution in [0.15, 0.2) is 18.2 Å². The van der Waals surface area contributed by atoms with Crippen LogP contribution < -0.4 is 5.32 Å². The molecule has 0 aromatic heterocycles. The lowest BCUT2D eigenvalue weighted by Crippen LogP contribution is -2.44. The van der Waals surface area contributed by atoms with E-state index in [1.165, 1.54) is 0 Å². The van der Waals surface area contributed by atoms with Crippen LogP contribution in [0.3, 0.4) is 0 Å². The molecule has 0 atom stereocenters. The number of amides is 1. The van der Waals surface area contributed by atoms with Crippen LogP contribution in [-0.4, -0.2) is 77.6 Å². The van der Waals surface area contributed by atoms with Gasteiger partial charge in [0.2, 0.25) is 5.91 Å². The summed E-state index contributed by atoms with van der Waals surface area (Å²) in [5.74, 6) is -3.66. The summed E-state index contributed by atoms with van der Waals surface area (Å²) in [6, 6.07) is 6.14. The molecule has 0 aliphatic carbocycles. The number of likely N-dealkylation sites (N-methyl/N-ethyl adjacent to an activating group) is 1. The molecule has 0 spiro atoms. The zero-order chi connectivity index (χ0) is 20.6. The fourth-order valence-corrected chi connectivity index (χ4v) is 2.98. The van der Waals surface area contributed by atoms with E-state index < -0.39 is 11.9 Å². The molecule has 8 nitrogen and oxygen atoms in total. The van der Waals surface area contributed by atoms with Crippen LogP contribution in [0.25, 0.3) is 0 Å². The van der Waals surface area contributed by atoms with Gasteiger partial charge in [-0.2, -0.15) is 0 Å². The van der Waals surface area contributed by atoms with Crippen LogP contribution >= 0.6 is 11.6 Å². The third kappa shape index (κ3) is 8.38. The van der Waals surface area contributed by atoms with Crippen LogP contribution in [-0.2, 0) is 14.4 Å². The van der Waals surface area contributed by atoms with Crippen molar-refractivity contribution >= 4 is 35.1 Å². The van der Waals surface area contributed by atoms with Crippen molar-refractivity contribution in [2.45, 2.75) is 25.8 Å². The molecule has 1 aliphatic heterocycles. The third-order valence-electron chi connectivity index (χ3n) is 4.29. The highest BCUT2D eigenvalue weighted by molar-refractivity contribution is 6.33. The topological polar surface area (TPSA) is 110 Å². The van der Waals surface area contributed by atoms with Crippen LogP contribution in [0.4, 0.5) is 5.69 Å². The molecule has 3 N–H and O–H groups in total. The van der Waals surface area contributed by atoms with Crippen LogP contribution in [0.5, 0.6) is 0 Å². The summed E-state index contributed by atoms with van der Waals surface area (Å²) < 4.78 is 0. The highest BCUT2D eigenvalue weighted by Gasteiger charge is 2.22. The molecule has 1 aromatic carbocycles. The molecule has 150 valence electrons. The number of aryl methyl sites for hydroxylation is 1. The van der Waals surface area contributed by atoms with Gasteiger partial charge in [0.25, 0.3) is 0 Å². The highest BCUT2D eigenvalue weighted by atomic mass is 35.5. The Hall–Kier alpha value is -2.16. The molecular weight excluding hydrogens is 374 g/mol. The molecule has 0 saturated carbocycles. The van der Waals surface area contributed by atoms with Gasteiger partial charge in [0, 0.05) is 6.04 Å². The average Bonchev–Trinajstić information content (AvgIpc) is 2.58. The Kier molecular flexibility index (Phi) is 9.20. The Morgan fingerprint density at radius 2 is 1.78 bits per heavy atom. The predicted octanol–water partition coefficient (Wildman–Crippen LogP) is 1.77. The molecule has 2 rings (SSSR count). The van der Waals surface area contributed by atoms with Gasteiger partial charge in [-0.15, -0.1) is 0 Å². The van der Waals surface area contributed by atoms with Crippen LogP contribution in [0.2, 0.25) is 5.02 Å². The first-order chi connectivity index (χ1) is 12.6. The summed E-state index contributed by atoms with van der Waals surface area (Å²) in [4.78, 5) is 34.8. The van der Waals surface area contributed by atoms with E-state index in [1.807, 2.05) is 32.2 Å². The van der Waals surface area contributed by atoms with Crippen molar-refractivity contribution in [1.82, 2.24) is 9.80 Å². The molecular formula is C18H26ClN3O5. The summed E-state index contributed by atoms with van der Waals surface area (Å²) >= 11 is 6.14. The molecule has 9 heteroatoms. The normalized spacial score (nSPS) is 15.0. The van der Waals surface area contributed by atoms with Gasteiger partial charge in [-0.3, -0.25) is 9.69 Å². The van der Waals surface area contributed by atoms with Gasteiger partial charge in [0.1, 0.15) is 0 Å². The largest absolute Gasteiger partial charge is 0.473 e. The van der Waals surface area contributed by atoms with E-state index in [4.69, 9.17) is 31.4 Å². The summed E-state index contributed by atoms with van der Waals surface area (Å²) in [6.07, 6.45) is 2.23. The molecule has 0 unspecified atom stereocenters. The third-order valence-corrected chi connectivity index (χ3v) is 4.60. The van der Waals surface area contributed by atoms with Crippen LogP contribution in [0, 0.1) is 6.92 Å². The zero-order valence-corrected chi connectivity index (χ0v) is 16.5. The molecule has 27 heavy (non-hydrogen) atoms. The number of carbonyl (C=O) groups excluding carboxylic acids is 1. The lowest BCUT2D eigenvalue weighted by Gasteiger charge is -2.34. The number of halogens is 1. The SMILES string of the molecule is Cc1ccc(NC(=O)CN(C)C2CCN(C)CC2)c(Cl)c1.O=C(O)C(=O)O. The van der Waals surface area contributed by atoms with Gasteiger partial charge in [0.05, 0.1) is 17.3 Å². The summed E-state index contributed by atoms with van der Waals surface area (Å²) in [5.41, 5.74) is 1.77. The monoisotopic (exact) mass is 399 g/mol. The van der Waals surface area contributed by atoms with Crippen molar-refractivity contribution in [1.29, 1.82) is 0 Å². The number of benzene rings is 1. The molecule has 1 heterocycles. The maximum absolute atomic E-state index is 12.1. The fraction of sp³-hybridized carbons (Fsp3) is 0.500. The van der Waals surface area contributed by atoms with E-state index >= 15 is 0 Å². The maximum atomic E-state index is 12.1. The minimum Gasteiger partial charge on any atom is -0.473 e. The minimum atomic E-state index is -1.82. The Balaban J connectivity index is 0.000000527. The number of anilines is 1. The van der Waals surface area contributed by atoms with E-state index in [1.54, 1.807) is 0 Å². The quantitative estimate of drug-likeness (QED) is 0.661. The van der Waals surface area contributed by atoms with Gasteiger partial charge < -0.3 is 20.4 Å². The molecule has 0 bridgehead atoms. The van der Waals surface area contributed by atoms with Crippen molar-refractivity contribution in [3.05, 3.63) is 28.8 Å². The average molecular weight is 400 g/mol. The van der Waals surface area contributed by atoms with E-state index in [2.05, 4.69) is 22.2 Å². The molecule has 1 saturated heterocycles. The first-order valence-electron chi connectivity index (χ1n) is 8.51. The maximum Gasteiger partial charge on any atom is 0.414 e. The van der Waals surface area contributed by atoms with E-state index in [0.717, 1.165) is 31.5 Å². The zero-order valence-electron chi connectivity index (χ0n) is 15.7. The molecule has 1 amide bonds. The van der Waals surface area contributed by atoms with Gasteiger partial charge in [0.15, 0.2) is 0 Å². The molecule has 1 fully saturated rings. The summed E-state index contributed by atoms with van der Waals surface area (Å²) in [5, 5.41) is 18.3. The smallest absolute Gasteiger partial charge is 0.414 e. The number of carbonyl (C=O) groups is 3. The number of hydrogen-bond acceptors (Lipinski definition) is 5. The molecule has 1 aromatic rings. The molecule has 0 radical (unpaired) electrons. The lowest BCUT2D eigenvalue weighted by atomic mass is 10.0. The Morgan fingerprint density at radius 3 is 2.26 bits per heavy atom. The van der Waals surface area contributed by atoms with E-state index in [-0.39, 0.29) is 5.91 Å². The predicted molar refractivity (Wildman–Crippen MR) is 103 cm³/mol. The Morgan fingerprint density at radius 1 is 1.22 bits per heavy atom. The second-order valence-electron chi connectivity index (χ2n) is 6.59. The number of nitrogens with one attached hydrogen (secondary N) is 1. The first-order valence-corrected chi connectivity index (χ1v) is 8.89. The van der Waals surface area contributed by atoms with Gasteiger partial charge in [-0.05, 0) is 64.6 Å². The summed E-state index contributed by atoms with van der Waals surface area (Å²) in [6.45, 7) is 4.57. The second kappa shape index (κ2) is 10.9. The number of piperidine rings is 1. The minimum absolute atomic E-state index is 0.0119. The number of nitrogens with zero attached hydrogens (tertiary/aromatic N) is 2.